The van der Waals surface area contributed by atoms with E-state index in [-0.39, 0.29) is 11.8 Å². The van der Waals surface area contributed by atoms with Gasteiger partial charge < -0.3 is 9.47 Å². The van der Waals surface area contributed by atoms with Crippen LogP contribution < -0.4 is 0 Å². The van der Waals surface area contributed by atoms with E-state index in [1.807, 2.05) is 12.1 Å². The first kappa shape index (κ1) is 20.2. The first-order chi connectivity index (χ1) is 14.0. The predicted octanol–water partition coefficient (Wildman–Crippen LogP) is 6.46. The van der Waals surface area contributed by atoms with Crippen molar-refractivity contribution in [1.82, 2.24) is 0 Å². The molecule has 2 heterocycles. The van der Waals surface area contributed by atoms with E-state index in [1.54, 1.807) is 0 Å². The van der Waals surface area contributed by atoms with E-state index in [0.717, 1.165) is 29.7 Å². The standard InChI is InChI=1S/C21H16Br4N2O2/c22-13-5-11(6-14(23)9-13)17-18(12-7-15(24)10-16(25)8-12)21(17,19-26-1-3-28-19)20-27-2-4-29-20/h5-10,17-18H,1-4H2/t17-,18-/m0/s1. The van der Waals surface area contributed by atoms with Gasteiger partial charge in [-0.1, -0.05) is 63.7 Å². The van der Waals surface area contributed by atoms with Crippen LogP contribution in [0.3, 0.4) is 0 Å². The molecule has 2 aliphatic heterocycles. The molecule has 0 N–H and O–H groups in total. The lowest BCUT2D eigenvalue weighted by atomic mass is 9.96. The van der Waals surface area contributed by atoms with Crippen molar-refractivity contribution in [3.05, 3.63) is 65.4 Å². The van der Waals surface area contributed by atoms with Gasteiger partial charge in [-0.3, -0.25) is 9.98 Å². The SMILES string of the molecule is Brc1cc(Br)cc([C@H]2[C@H](c3cc(Br)cc(Br)c3)C2(C2=NCCO2)C2=NCCO2)c1. The van der Waals surface area contributed by atoms with E-state index in [2.05, 4.69) is 88.0 Å². The van der Waals surface area contributed by atoms with Gasteiger partial charge in [-0.05, 0) is 47.5 Å². The van der Waals surface area contributed by atoms with Crippen LogP contribution in [-0.2, 0) is 9.47 Å². The molecule has 0 spiro atoms. The fourth-order valence-corrected chi connectivity index (χ4v) is 7.26. The Kier molecular flexibility index (Phi) is 5.42. The molecule has 4 nitrogen and oxygen atoms in total. The van der Waals surface area contributed by atoms with Crippen molar-refractivity contribution < 1.29 is 9.47 Å². The predicted molar refractivity (Wildman–Crippen MR) is 128 cm³/mol. The normalized spacial score (nSPS) is 24.6. The Morgan fingerprint density at radius 3 is 1.34 bits per heavy atom. The molecular weight excluding hydrogens is 632 g/mol. The minimum atomic E-state index is -0.506. The zero-order chi connectivity index (χ0) is 20.2. The van der Waals surface area contributed by atoms with Gasteiger partial charge in [0, 0.05) is 29.7 Å². The summed E-state index contributed by atoms with van der Waals surface area (Å²) in [4.78, 5) is 9.48. The van der Waals surface area contributed by atoms with Crippen molar-refractivity contribution in [3.8, 4) is 0 Å². The molecule has 2 aromatic carbocycles. The van der Waals surface area contributed by atoms with Crippen LogP contribution in [0.25, 0.3) is 0 Å². The zero-order valence-corrected chi connectivity index (χ0v) is 21.5. The molecule has 0 unspecified atom stereocenters. The fraction of sp³-hybridized carbons (Fsp3) is 0.333. The third kappa shape index (κ3) is 3.44. The Morgan fingerprint density at radius 1 is 0.655 bits per heavy atom. The lowest BCUT2D eigenvalue weighted by molar-refractivity contribution is 0.298. The first-order valence-electron chi connectivity index (χ1n) is 9.27. The highest BCUT2D eigenvalue weighted by Crippen LogP contribution is 2.73. The van der Waals surface area contributed by atoms with Gasteiger partial charge in [0.2, 0.25) is 11.8 Å². The topological polar surface area (TPSA) is 43.2 Å². The summed E-state index contributed by atoms with van der Waals surface area (Å²) in [7, 11) is 0. The lowest BCUT2D eigenvalue weighted by Gasteiger charge is -2.18. The molecule has 5 rings (SSSR count). The van der Waals surface area contributed by atoms with E-state index in [9.17, 15) is 0 Å². The summed E-state index contributed by atoms with van der Waals surface area (Å²) in [5, 5.41) is 0. The number of hydrogen-bond acceptors (Lipinski definition) is 4. The second-order valence-electron chi connectivity index (χ2n) is 7.30. The Hall–Kier alpha value is -0.700. The van der Waals surface area contributed by atoms with Crippen LogP contribution in [-0.4, -0.2) is 38.1 Å². The van der Waals surface area contributed by atoms with Gasteiger partial charge in [0.25, 0.3) is 0 Å². The highest BCUT2D eigenvalue weighted by molar-refractivity contribution is 9.11. The van der Waals surface area contributed by atoms with E-state index in [0.29, 0.717) is 26.3 Å². The molecule has 0 radical (unpaired) electrons. The van der Waals surface area contributed by atoms with Crippen LogP contribution >= 0.6 is 63.7 Å². The average molecular weight is 648 g/mol. The molecule has 0 saturated heterocycles. The highest BCUT2D eigenvalue weighted by atomic mass is 79.9. The van der Waals surface area contributed by atoms with Crippen LogP contribution in [0, 0.1) is 5.41 Å². The van der Waals surface area contributed by atoms with Crippen molar-refractivity contribution in [3.63, 3.8) is 0 Å². The number of halogens is 4. The third-order valence-electron chi connectivity index (χ3n) is 5.57. The Labute approximate surface area is 202 Å². The Balaban J connectivity index is 1.72. The number of benzene rings is 2. The van der Waals surface area contributed by atoms with E-state index < -0.39 is 5.41 Å². The number of rotatable bonds is 4. The molecule has 0 amide bonds. The number of nitrogens with zero attached hydrogens (tertiary/aromatic N) is 2. The minimum Gasteiger partial charge on any atom is -0.478 e. The van der Waals surface area contributed by atoms with Crippen molar-refractivity contribution in [2.75, 3.05) is 26.3 Å². The highest BCUT2D eigenvalue weighted by Gasteiger charge is 2.75. The maximum absolute atomic E-state index is 6.06. The molecule has 0 bridgehead atoms. The van der Waals surface area contributed by atoms with E-state index in [1.165, 1.54) is 11.1 Å². The molecule has 3 aliphatic rings. The largest absolute Gasteiger partial charge is 0.478 e. The van der Waals surface area contributed by atoms with Gasteiger partial charge >= 0.3 is 0 Å². The molecule has 2 aromatic rings. The summed E-state index contributed by atoms with van der Waals surface area (Å²) in [5.74, 6) is 1.73. The van der Waals surface area contributed by atoms with Crippen LogP contribution in [0.1, 0.15) is 23.0 Å². The molecule has 0 aromatic heterocycles. The van der Waals surface area contributed by atoms with Crippen molar-refractivity contribution in [2.45, 2.75) is 11.8 Å². The van der Waals surface area contributed by atoms with Crippen molar-refractivity contribution in [1.29, 1.82) is 0 Å². The van der Waals surface area contributed by atoms with Crippen LogP contribution in [0.2, 0.25) is 0 Å². The van der Waals surface area contributed by atoms with Crippen molar-refractivity contribution >= 4 is 75.5 Å². The van der Waals surface area contributed by atoms with Gasteiger partial charge in [-0.2, -0.15) is 0 Å². The summed E-state index contributed by atoms with van der Waals surface area (Å²) in [5.41, 5.74) is 1.89. The Bertz CT molecular complexity index is 929. The van der Waals surface area contributed by atoms with Crippen LogP contribution in [0.5, 0.6) is 0 Å². The smallest absolute Gasteiger partial charge is 0.200 e. The summed E-state index contributed by atoms with van der Waals surface area (Å²) >= 11 is 14.6. The van der Waals surface area contributed by atoms with E-state index >= 15 is 0 Å². The van der Waals surface area contributed by atoms with Crippen LogP contribution in [0.15, 0.2) is 64.3 Å². The summed E-state index contributed by atoms with van der Waals surface area (Å²) in [6.45, 7) is 2.56. The lowest BCUT2D eigenvalue weighted by Crippen LogP contribution is -2.30. The monoisotopic (exact) mass is 644 g/mol. The maximum Gasteiger partial charge on any atom is 0.200 e. The molecule has 150 valence electrons. The summed E-state index contributed by atoms with van der Waals surface area (Å²) in [6, 6.07) is 12.8. The van der Waals surface area contributed by atoms with Gasteiger partial charge in [0.15, 0.2) is 0 Å². The molecular formula is C21H16Br4N2O2. The van der Waals surface area contributed by atoms with Crippen LogP contribution in [0.4, 0.5) is 0 Å². The molecule has 2 atom stereocenters. The summed E-state index contributed by atoms with van der Waals surface area (Å²) in [6.07, 6.45) is 0. The average Bonchev–Trinajstić information content (AvgIpc) is 3.07. The quantitative estimate of drug-likeness (QED) is 0.383. The fourth-order valence-electron chi connectivity index (χ4n) is 4.60. The van der Waals surface area contributed by atoms with Gasteiger partial charge in [-0.15, -0.1) is 0 Å². The third-order valence-corrected chi connectivity index (χ3v) is 7.40. The molecule has 1 fully saturated rings. The van der Waals surface area contributed by atoms with E-state index in [4.69, 9.17) is 19.5 Å². The first-order valence-corrected chi connectivity index (χ1v) is 12.4. The van der Waals surface area contributed by atoms with Crippen molar-refractivity contribution in [2.24, 2.45) is 15.4 Å². The Morgan fingerprint density at radius 2 is 1.03 bits per heavy atom. The maximum atomic E-state index is 6.06. The summed E-state index contributed by atoms with van der Waals surface area (Å²) < 4.78 is 16.2. The minimum absolute atomic E-state index is 0.117. The number of ether oxygens (including phenoxy) is 2. The number of hydrogen-bond donors (Lipinski definition) is 0. The molecule has 1 saturated carbocycles. The second-order valence-corrected chi connectivity index (χ2v) is 11.0. The molecule has 8 heteroatoms. The van der Waals surface area contributed by atoms with Gasteiger partial charge in [0.05, 0.1) is 13.1 Å². The molecule has 1 aliphatic carbocycles. The number of aliphatic imine (C=N–C) groups is 2. The zero-order valence-electron chi connectivity index (χ0n) is 15.2. The van der Waals surface area contributed by atoms with Gasteiger partial charge in [0.1, 0.15) is 18.6 Å². The second kappa shape index (κ2) is 7.77. The molecule has 29 heavy (non-hydrogen) atoms. The van der Waals surface area contributed by atoms with Gasteiger partial charge in [-0.25, -0.2) is 0 Å².